The van der Waals surface area contributed by atoms with E-state index >= 15 is 0 Å². The summed E-state index contributed by atoms with van der Waals surface area (Å²) in [5.41, 5.74) is 3.06. The van der Waals surface area contributed by atoms with Crippen LogP contribution in [0, 0.1) is 0 Å². The minimum absolute atomic E-state index is 0.486. The molecular formula is C21H18ClF3N4O3. The van der Waals surface area contributed by atoms with E-state index in [1.165, 1.54) is 5.56 Å². The van der Waals surface area contributed by atoms with Gasteiger partial charge in [0.05, 0.1) is 12.8 Å². The fourth-order valence-corrected chi connectivity index (χ4v) is 3.00. The minimum atomic E-state index is -5.08. The highest BCUT2D eigenvalue weighted by Crippen LogP contribution is 2.31. The number of hydrogen-bond donors (Lipinski definition) is 2. The van der Waals surface area contributed by atoms with Crippen molar-refractivity contribution in [1.82, 2.24) is 9.97 Å². The van der Waals surface area contributed by atoms with E-state index in [9.17, 15) is 13.2 Å². The highest BCUT2D eigenvalue weighted by atomic mass is 35.5. The topological polar surface area (TPSA) is 87.6 Å². The largest absolute Gasteiger partial charge is 0.493 e. The first-order valence-electron chi connectivity index (χ1n) is 9.28. The second-order valence-electron chi connectivity index (χ2n) is 6.65. The lowest BCUT2D eigenvalue weighted by Crippen LogP contribution is -2.21. The molecule has 32 heavy (non-hydrogen) atoms. The first kappa shape index (κ1) is 23.1. The Labute approximate surface area is 186 Å². The van der Waals surface area contributed by atoms with Gasteiger partial charge in [-0.3, -0.25) is 0 Å². The van der Waals surface area contributed by atoms with Crippen LogP contribution in [0.15, 0.2) is 54.7 Å². The molecule has 2 N–H and O–H groups in total. The van der Waals surface area contributed by atoms with Gasteiger partial charge in [0.1, 0.15) is 10.8 Å². The molecule has 2 heterocycles. The number of nitrogens with zero attached hydrogens (tertiary/aromatic N) is 3. The molecule has 11 heteroatoms. The highest BCUT2D eigenvalue weighted by molar-refractivity contribution is 6.33. The molecule has 1 aromatic heterocycles. The van der Waals surface area contributed by atoms with Crippen LogP contribution in [-0.4, -0.2) is 40.9 Å². The number of alkyl halides is 3. The van der Waals surface area contributed by atoms with Crippen LogP contribution in [0.4, 0.5) is 36.3 Å². The Bertz CT molecular complexity index is 1110. The third-order valence-electron chi connectivity index (χ3n) is 4.33. The van der Waals surface area contributed by atoms with E-state index in [0.29, 0.717) is 23.4 Å². The fourth-order valence-electron chi connectivity index (χ4n) is 2.78. The van der Waals surface area contributed by atoms with Gasteiger partial charge in [-0.25, -0.2) is 9.78 Å². The Morgan fingerprint density at radius 2 is 1.94 bits per heavy atom. The Balaban J connectivity index is 0.000000360. The maximum atomic E-state index is 10.6. The monoisotopic (exact) mass is 466 g/mol. The number of carboxylic acid groups (broad SMARTS) is 1. The average Bonchev–Trinajstić information content (AvgIpc) is 2.74. The number of aliphatic carboxylic acids is 1. The molecule has 0 atom stereocenters. The standard InChI is InChI=1S/C19H17ClN4O.C2HF3O2/c1-24-15-6-3-7-16(11-15)25-9-8-13-4-2-5-14(10-13)22-19-21-12-17(20)18(24)23-19;3-2(4,5)1(6)7/h2-7,10-12H,8-9H2,1H3,(H,21,22,23);(H,6,7). The van der Waals surface area contributed by atoms with Crippen molar-refractivity contribution in [2.75, 3.05) is 23.9 Å². The van der Waals surface area contributed by atoms with E-state index in [4.69, 9.17) is 26.2 Å². The van der Waals surface area contributed by atoms with Crippen LogP contribution in [0.3, 0.4) is 0 Å². The van der Waals surface area contributed by atoms with Crippen molar-refractivity contribution in [3.63, 3.8) is 0 Å². The first-order valence-corrected chi connectivity index (χ1v) is 9.66. The number of carboxylic acids is 1. The number of hydrogen-bond acceptors (Lipinski definition) is 6. The summed E-state index contributed by atoms with van der Waals surface area (Å²) in [5.74, 6) is -0.800. The molecule has 168 valence electrons. The molecule has 3 aromatic rings. The molecular weight excluding hydrogens is 449 g/mol. The normalized spacial score (nSPS) is 13.0. The Hall–Kier alpha value is -3.53. The van der Waals surface area contributed by atoms with Crippen LogP contribution in [0.1, 0.15) is 5.56 Å². The highest BCUT2D eigenvalue weighted by Gasteiger charge is 2.38. The minimum Gasteiger partial charge on any atom is -0.493 e. The van der Waals surface area contributed by atoms with Gasteiger partial charge in [-0.2, -0.15) is 18.2 Å². The van der Waals surface area contributed by atoms with Gasteiger partial charge in [0, 0.05) is 30.9 Å². The lowest BCUT2D eigenvalue weighted by Gasteiger charge is -2.21. The lowest BCUT2D eigenvalue weighted by atomic mass is 10.1. The van der Waals surface area contributed by atoms with Crippen molar-refractivity contribution < 1.29 is 27.8 Å². The van der Waals surface area contributed by atoms with E-state index in [0.717, 1.165) is 23.5 Å². The average molecular weight is 467 g/mol. The maximum Gasteiger partial charge on any atom is 0.490 e. The Morgan fingerprint density at radius 1 is 1.22 bits per heavy atom. The second kappa shape index (κ2) is 9.73. The van der Waals surface area contributed by atoms with Crippen LogP contribution in [0.2, 0.25) is 5.02 Å². The summed E-state index contributed by atoms with van der Waals surface area (Å²) < 4.78 is 37.6. The second-order valence-corrected chi connectivity index (χ2v) is 7.06. The maximum absolute atomic E-state index is 10.6. The molecule has 0 saturated heterocycles. The van der Waals surface area contributed by atoms with Crippen LogP contribution in [-0.2, 0) is 11.2 Å². The predicted molar refractivity (Wildman–Crippen MR) is 114 cm³/mol. The summed E-state index contributed by atoms with van der Waals surface area (Å²) in [4.78, 5) is 19.7. The number of nitrogens with one attached hydrogen (secondary N) is 1. The molecule has 7 nitrogen and oxygen atoms in total. The summed E-state index contributed by atoms with van der Waals surface area (Å²) in [6.07, 6.45) is -2.65. The summed E-state index contributed by atoms with van der Waals surface area (Å²) in [5, 5.41) is 10.9. The van der Waals surface area contributed by atoms with Gasteiger partial charge in [-0.1, -0.05) is 29.8 Å². The molecule has 4 rings (SSSR count). The molecule has 0 spiro atoms. The number of carbonyl (C=O) groups is 1. The zero-order valence-corrected chi connectivity index (χ0v) is 17.5. The van der Waals surface area contributed by atoms with Gasteiger partial charge in [0.15, 0.2) is 5.82 Å². The zero-order valence-electron chi connectivity index (χ0n) is 16.7. The molecule has 6 bridgehead atoms. The van der Waals surface area contributed by atoms with Crippen LogP contribution < -0.4 is 15.0 Å². The first-order chi connectivity index (χ1) is 15.1. The zero-order chi connectivity index (χ0) is 23.3. The molecule has 0 saturated carbocycles. The van der Waals surface area contributed by atoms with Gasteiger partial charge in [0.25, 0.3) is 0 Å². The third kappa shape index (κ3) is 6.01. The Kier molecular flexibility index (Phi) is 7.04. The van der Waals surface area contributed by atoms with Crippen molar-refractivity contribution in [1.29, 1.82) is 0 Å². The number of anilines is 4. The van der Waals surface area contributed by atoms with Crippen molar-refractivity contribution in [3.8, 4) is 5.75 Å². The molecule has 0 aliphatic carbocycles. The number of aromatic nitrogens is 2. The summed E-state index contributed by atoms with van der Waals surface area (Å²) >= 11 is 6.33. The van der Waals surface area contributed by atoms with Gasteiger partial charge >= 0.3 is 12.1 Å². The van der Waals surface area contributed by atoms with E-state index < -0.39 is 12.1 Å². The number of fused-ring (bicyclic) bond motifs is 6. The van der Waals surface area contributed by atoms with Gasteiger partial charge < -0.3 is 20.1 Å². The molecule has 0 amide bonds. The van der Waals surface area contributed by atoms with E-state index in [2.05, 4.69) is 27.4 Å². The number of halogens is 4. The molecule has 0 unspecified atom stereocenters. The molecule has 1 aliphatic heterocycles. The third-order valence-corrected chi connectivity index (χ3v) is 4.60. The van der Waals surface area contributed by atoms with E-state index in [1.54, 1.807) is 6.20 Å². The number of rotatable bonds is 0. The van der Waals surface area contributed by atoms with E-state index in [-0.39, 0.29) is 0 Å². The van der Waals surface area contributed by atoms with Gasteiger partial charge in [-0.05, 0) is 29.8 Å². The molecule has 1 aliphatic rings. The summed E-state index contributed by atoms with van der Waals surface area (Å²) in [6, 6.07) is 16.0. The van der Waals surface area contributed by atoms with Gasteiger partial charge in [-0.15, -0.1) is 0 Å². The van der Waals surface area contributed by atoms with E-state index in [1.807, 2.05) is 48.3 Å². The lowest BCUT2D eigenvalue weighted by molar-refractivity contribution is -0.192. The van der Waals surface area contributed by atoms with Crippen molar-refractivity contribution in [3.05, 3.63) is 65.3 Å². The smallest absolute Gasteiger partial charge is 0.490 e. The Morgan fingerprint density at radius 3 is 2.66 bits per heavy atom. The molecule has 2 aromatic carbocycles. The molecule has 0 radical (unpaired) electrons. The molecule has 0 fully saturated rings. The fraction of sp³-hybridized carbons (Fsp3) is 0.190. The van der Waals surface area contributed by atoms with Crippen LogP contribution in [0.5, 0.6) is 5.75 Å². The van der Waals surface area contributed by atoms with Crippen molar-refractivity contribution >= 4 is 40.7 Å². The van der Waals surface area contributed by atoms with Gasteiger partial charge in [0.2, 0.25) is 5.95 Å². The quantitative estimate of drug-likeness (QED) is 0.470. The number of benzene rings is 2. The summed E-state index contributed by atoms with van der Waals surface area (Å²) in [6.45, 7) is 0.610. The predicted octanol–water partition coefficient (Wildman–Crippen LogP) is 5.21. The number of ether oxygens (including phenoxy) is 1. The van der Waals surface area contributed by atoms with Crippen molar-refractivity contribution in [2.45, 2.75) is 12.6 Å². The van der Waals surface area contributed by atoms with Crippen molar-refractivity contribution in [2.24, 2.45) is 0 Å². The SMILES string of the molecule is CN1c2cccc(c2)OCCc2cccc(c2)Nc2ncc(Cl)c1n2.O=C(O)C(F)(F)F. The summed E-state index contributed by atoms with van der Waals surface area (Å²) in [7, 11) is 1.92. The van der Waals surface area contributed by atoms with Crippen LogP contribution in [0.25, 0.3) is 0 Å². The van der Waals surface area contributed by atoms with Crippen LogP contribution >= 0.6 is 11.6 Å².